The largest absolute Gasteiger partial charge is 0.479 e. The Labute approximate surface area is 73.8 Å². The molecular formula is C5H11O7P. The van der Waals surface area contributed by atoms with E-state index in [0.717, 1.165) is 0 Å². The molecule has 0 fully saturated rings. The molecule has 0 spiro atoms. The van der Waals surface area contributed by atoms with Gasteiger partial charge in [-0.1, -0.05) is 0 Å². The fourth-order valence-electron chi connectivity index (χ4n) is 0.623. The van der Waals surface area contributed by atoms with Gasteiger partial charge < -0.3 is 25.1 Å². The second-order valence-corrected chi connectivity index (χ2v) is 4.30. The van der Waals surface area contributed by atoms with Crippen LogP contribution in [0.15, 0.2) is 0 Å². The van der Waals surface area contributed by atoms with E-state index in [9.17, 15) is 9.36 Å². The maximum absolute atomic E-state index is 10.3. The van der Waals surface area contributed by atoms with Crippen molar-refractivity contribution < 1.29 is 34.5 Å². The van der Waals surface area contributed by atoms with Crippen LogP contribution >= 0.6 is 7.60 Å². The van der Waals surface area contributed by atoms with Crippen LogP contribution < -0.4 is 0 Å². The maximum atomic E-state index is 10.3. The van der Waals surface area contributed by atoms with E-state index in [1.807, 2.05) is 0 Å². The van der Waals surface area contributed by atoms with Crippen molar-refractivity contribution >= 4 is 13.6 Å². The molecule has 7 nitrogen and oxygen atoms in total. The minimum absolute atomic E-state index is 0.461. The van der Waals surface area contributed by atoms with Crippen molar-refractivity contribution in [3.63, 3.8) is 0 Å². The number of rotatable bonds is 5. The number of carboxylic acids is 1. The Hall–Kier alpha value is -0.460. The quantitative estimate of drug-likeness (QED) is 0.346. The van der Waals surface area contributed by atoms with Crippen molar-refractivity contribution in [1.29, 1.82) is 0 Å². The van der Waals surface area contributed by atoms with Gasteiger partial charge in [0.2, 0.25) is 0 Å². The van der Waals surface area contributed by atoms with Gasteiger partial charge >= 0.3 is 13.6 Å². The molecule has 0 aromatic rings. The molecule has 0 rings (SSSR count). The van der Waals surface area contributed by atoms with Crippen LogP contribution in [0.3, 0.4) is 0 Å². The first-order chi connectivity index (χ1) is 5.74. The van der Waals surface area contributed by atoms with Crippen LogP contribution in [-0.2, 0) is 9.36 Å². The Kier molecular flexibility index (Phi) is 4.52. The van der Waals surface area contributed by atoms with Crippen LogP contribution in [0, 0.1) is 0 Å². The highest BCUT2D eigenvalue weighted by atomic mass is 31.2. The van der Waals surface area contributed by atoms with E-state index in [0.29, 0.717) is 0 Å². The zero-order valence-corrected chi connectivity index (χ0v) is 7.46. The van der Waals surface area contributed by atoms with Gasteiger partial charge in [-0.05, 0) is 6.42 Å². The van der Waals surface area contributed by atoms with Crippen molar-refractivity contribution in [1.82, 2.24) is 0 Å². The lowest BCUT2D eigenvalue weighted by atomic mass is 10.1. The fraction of sp³-hybridized carbons (Fsp3) is 0.800. The summed E-state index contributed by atoms with van der Waals surface area (Å²) in [7, 11) is -4.25. The van der Waals surface area contributed by atoms with Crippen LogP contribution in [0.5, 0.6) is 0 Å². The molecule has 0 aromatic carbocycles. The van der Waals surface area contributed by atoms with Crippen LogP contribution in [0.1, 0.15) is 6.42 Å². The summed E-state index contributed by atoms with van der Waals surface area (Å²) < 4.78 is 10.3. The van der Waals surface area contributed by atoms with Gasteiger partial charge in [-0.3, -0.25) is 4.57 Å². The summed E-state index contributed by atoms with van der Waals surface area (Å²) in [6.07, 6.45) is -4.78. The van der Waals surface area contributed by atoms with Gasteiger partial charge in [-0.15, -0.1) is 0 Å². The number of hydrogen-bond acceptors (Lipinski definition) is 4. The molecule has 8 heteroatoms. The third-order valence-electron chi connectivity index (χ3n) is 1.33. The predicted molar refractivity (Wildman–Crippen MR) is 41.2 cm³/mol. The Bertz CT molecular complexity index is 221. The SMILES string of the molecule is O=C(O)[C@H](O)[C@H](O)CCP(=O)(O)O. The molecule has 0 saturated carbocycles. The zero-order valence-electron chi connectivity index (χ0n) is 6.57. The molecule has 5 N–H and O–H groups in total. The summed E-state index contributed by atoms with van der Waals surface area (Å²) in [5.74, 6) is -1.63. The number of aliphatic hydroxyl groups excluding tert-OH is 2. The van der Waals surface area contributed by atoms with Gasteiger partial charge in [-0.2, -0.15) is 0 Å². The number of aliphatic hydroxyl groups is 2. The Morgan fingerprint density at radius 3 is 2.08 bits per heavy atom. The molecule has 0 aromatic heterocycles. The molecule has 0 aliphatic heterocycles. The van der Waals surface area contributed by atoms with Crippen molar-refractivity contribution in [3.8, 4) is 0 Å². The minimum Gasteiger partial charge on any atom is -0.479 e. The third kappa shape index (κ3) is 5.73. The number of hydrogen-bond donors (Lipinski definition) is 5. The molecule has 0 bridgehead atoms. The molecule has 78 valence electrons. The lowest BCUT2D eigenvalue weighted by Crippen LogP contribution is -2.34. The van der Waals surface area contributed by atoms with Gasteiger partial charge in [0.15, 0.2) is 6.10 Å². The van der Waals surface area contributed by atoms with E-state index in [-0.39, 0.29) is 0 Å². The molecule has 0 heterocycles. The van der Waals surface area contributed by atoms with Gasteiger partial charge in [0.25, 0.3) is 0 Å². The lowest BCUT2D eigenvalue weighted by Gasteiger charge is -2.13. The molecule has 0 amide bonds. The number of aliphatic carboxylic acids is 1. The number of carbonyl (C=O) groups is 1. The molecule has 0 aliphatic rings. The van der Waals surface area contributed by atoms with E-state index >= 15 is 0 Å². The van der Waals surface area contributed by atoms with E-state index in [2.05, 4.69) is 0 Å². The molecule has 0 unspecified atom stereocenters. The first-order valence-corrected chi connectivity index (χ1v) is 5.17. The van der Waals surface area contributed by atoms with Crippen LogP contribution in [0.2, 0.25) is 0 Å². The highest BCUT2D eigenvalue weighted by Gasteiger charge is 2.26. The second kappa shape index (κ2) is 4.69. The summed E-state index contributed by atoms with van der Waals surface area (Å²) in [5, 5.41) is 25.7. The Morgan fingerprint density at radius 2 is 1.77 bits per heavy atom. The standard InChI is InChI=1S/C5H11O7P/c6-3(4(7)5(8)9)1-2-13(10,11)12/h3-4,6-7H,1-2H2,(H,8,9)(H2,10,11,12)/t3-,4-/m1/s1. The highest BCUT2D eigenvalue weighted by Crippen LogP contribution is 2.35. The normalized spacial score (nSPS) is 16.6. The molecular weight excluding hydrogens is 203 g/mol. The first-order valence-electron chi connectivity index (χ1n) is 3.37. The smallest absolute Gasteiger partial charge is 0.335 e. The van der Waals surface area contributed by atoms with Gasteiger partial charge in [0.1, 0.15) is 0 Å². The highest BCUT2D eigenvalue weighted by molar-refractivity contribution is 7.51. The van der Waals surface area contributed by atoms with Crippen molar-refractivity contribution in [3.05, 3.63) is 0 Å². The summed E-state index contributed by atoms with van der Waals surface area (Å²) in [5.41, 5.74) is 0. The summed E-state index contributed by atoms with van der Waals surface area (Å²) >= 11 is 0. The van der Waals surface area contributed by atoms with Crippen molar-refractivity contribution in [2.75, 3.05) is 6.16 Å². The van der Waals surface area contributed by atoms with E-state index < -0.39 is 38.4 Å². The Balaban J connectivity index is 3.95. The van der Waals surface area contributed by atoms with E-state index in [4.69, 9.17) is 25.1 Å². The van der Waals surface area contributed by atoms with Crippen LogP contribution in [0.25, 0.3) is 0 Å². The summed E-state index contributed by atoms with van der Waals surface area (Å²) in [4.78, 5) is 26.8. The molecule has 13 heavy (non-hydrogen) atoms. The Morgan fingerprint density at radius 1 is 1.31 bits per heavy atom. The predicted octanol–water partition coefficient (Wildman–Crippen LogP) is -1.64. The van der Waals surface area contributed by atoms with Crippen LogP contribution in [0.4, 0.5) is 0 Å². The first kappa shape index (κ1) is 12.5. The van der Waals surface area contributed by atoms with E-state index in [1.54, 1.807) is 0 Å². The van der Waals surface area contributed by atoms with Gasteiger partial charge in [0, 0.05) is 0 Å². The lowest BCUT2D eigenvalue weighted by molar-refractivity contribution is -0.152. The fourth-order valence-corrected chi connectivity index (χ4v) is 1.22. The zero-order chi connectivity index (χ0) is 10.6. The monoisotopic (exact) mass is 214 g/mol. The minimum atomic E-state index is -4.25. The third-order valence-corrected chi connectivity index (χ3v) is 2.17. The van der Waals surface area contributed by atoms with Crippen LogP contribution in [-0.4, -0.2) is 49.4 Å². The topological polar surface area (TPSA) is 135 Å². The summed E-state index contributed by atoms with van der Waals surface area (Å²) in [6.45, 7) is 0. The van der Waals surface area contributed by atoms with E-state index in [1.165, 1.54) is 0 Å². The molecule has 2 atom stereocenters. The second-order valence-electron chi connectivity index (χ2n) is 2.53. The maximum Gasteiger partial charge on any atom is 0.335 e. The average molecular weight is 214 g/mol. The molecule has 0 aliphatic carbocycles. The average Bonchev–Trinajstić information content (AvgIpc) is 1.97. The van der Waals surface area contributed by atoms with Gasteiger partial charge in [0.05, 0.1) is 12.3 Å². The molecule has 0 saturated heterocycles. The van der Waals surface area contributed by atoms with Gasteiger partial charge in [-0.25, -0.2) is 4.79 Å². The van der Waals surface area contributed by atoms with Crippen molar-refractivity contribution in [2.45, 2.75) is 18.6 Å². The van der Waals surface area contributed by atoms with Crippen molar-refractivity contribution in [2.24, 2.45) is 0 Å². The number of carboxylic acid groups (broad SMARTS) is 1. The summed E-state index contributed by atoms with van der Waals surface area (Å²) in [6, 6.07) is 0. The molecule has 0 radical (unpaired) electrons.